The van der Waals surface area contributed by atoms with E-state index < -0.39 is 39.0 Å². The number of phosphoric acid groups is 1. The summed E-state index contributed by atoms with van der Waals surface area (Å²) in [5.74, 6) is 0.110. The van der Waals surface area contributed by atoms with E-state index in [-0.39, 0.29) is 22.5 Å². The molecule has 1 saturated heterocycles. The zero-order chi connectivity index (χ0) is 16.8. The van der Waals surface area contributed by atoms with E-state index in [9.17, 15) is 14.8 Å². The van der Waals surface area contributed by atoms with Gasteiger partial charge in [-0.05, 0) is 0 Å². The predicted octanol–water partition coefficient (Wildman–Crippen LogP) is -2.69. The molecule has 24 heavy (non-hydrogen) atoms. The Morgan fingerprint density at radius 2 is 2.08 bits per heavy atom. The van der Waals surface area contributed by atoms with Crippen molar-refractivity contribution in [2.75, 3.05) is 12.3 Å². The molecule has 0 saturated carbocycles. The second-order valence-corrected chi connectivity index (χ2v) is 6.07. The molecule has 4 atom stereocenters. The van der Waals surface area contributed by atoms with Crippen molar-refractivity contribution < 1.29 is 39.3 Å². The van der Waals surface area contributed by atoms with E-state index in [0.717, 1.165) is 0 Å². The molecule has 0 amide bonds. The second kappa shape index (κ2) is 6.66. The molecule has 8 N–H and O–H groups in total. The molecule has 3 rings (SSSR count). The average molecular weight is 365 g/mol. The number of fused-ring (bicyclic) bond motifs is 1. The lowest BCUT2D eigenvalue weighted by Crippen LogP contribution is -2.34. The van der Waals surface area contributed by atoms with Crippen LogP contribution in [0.2, 0.25) is 0 Å². The van der Waals surface area contributed by atoms with Crippen molar-refractivity contribution in [3.8, 4) is 0 Å². The highest BCUT2D eigenvalue weighted by molar-refractivity contribution is 7.46. The average Bonchev–Trinajstić information content (AvgIpc) is 3.01. The number of imidazole rings is 1. The van der Waals surface area contributed by atoms with Crippen LogP contribution in [0.3, 0.4) is 0 Å². The van der Waals surface area contributed by atoms with E-state index >= 15 is 0 Å². The Kier molecular flexibility index (Phi) is 5.17. The number of hydrogen-bond acceptors (Lipinski definition) is 9. The zero-order valence-corrected chi connectivity index (χ0v) is 12.9. The van der Waals surface area contributed by atoms with Gasteiger partial charge < -0.3 is 35.9 Å². The fourth-order valence-corrected chi connectivity index (χ4v) is 2.97. The lowest BCUT2D eigenvalue weighted by atomic mass is 10.1. The first-order valence-electron chi connectivity index (χ1n) is 6.43. The first kappa shape index (κ1) is 18.6. The molecule has 1 aliphatic rings. The summed E-state index contributed by atoms with van der Waals surface area (Å²) in [6.45, 7) is -0.567. The number of nitrogen functional groups attached to an aromatic ring is 1. The molecular formula is C10H16N5O8P. The van der Waals surface area contributed by atoms with Crippen molar-refractivity contribution in [2.45, 2.75) is 24.5 Å². The minimum absolute atomic E-state index is 0. The van der Waals surface area contributed by atoms with E-state index in [2.05, 4.69) is 19.5 Å². The Bertz CT molecular complexity index is 765. The Hall–Kier alpha value is -1.70. The summed E-state index contributed by atoms with van der Waals surface area (Å²) in [5, 5.41) is 19.3. The number of hydrogen-bond donors (Lipinski definition) is 5. The third-order valence-electron chi connectivity index (χ3n) is 3.41. The second-order valence-electron chi connectivity index (χ2n) is 4.88. The van der Waals surface area contributed by atoms with Gasteiger partial charge >= 0.3 is 7.82 Å². The fourth-order valence-electron chi connectivity index (χ4n) is 2.42. The maximum absolute atomic E-state index is 11.1. The van der Waals surface area contributed by atoms with Crippen LogP contribution in [0, 0.1) is 0 Å². The first-order valence-corrected chi connectivity index (χ1v) is 7.96. The van der Waals surface area contributed by atoms with E-state index in [0.29, 0.717) is 0 Å². The van der Waals surface area contributed by atoms with Crippen LogP contribution in [0.4, 0.5) is 5.82 Å². The lowest BCUT2D eigenvalue weighted by molar-refractivity contribution is -0.0505. The summed E-state index contributed by atoms with van der Waals surface area (Å²) in [5.41, 5.74) is 6.16. The van der Waals surface area contributed by atoms with E-state index in [1.54, 1.807) is 0 Å². The van der Waals surface area contributed by atoms with Crippen molar-refractivity contribution in [3.63, 3.8) is 0 Å². The van der Waals surface area contributed by atoms with Crippen molar-refractivity contribution in [3.05, 3.63) is 12.7 Å². The molecular weight excluding hydrogens is 349 g/mol. The first-order chi connectivity index (χ1) is 10.8. The Balaban J connectivity index is 0.00000208. The summed E-state index contributed by atoms with van der Waals surface area (Å²) < 4.78 is 22.5. The van der Waals surface area contributed by atoms with Crippen LogP contribution >= 0.6 is 7.82 Å². The quantitative estimate of drug-likeness (QED) is 0.351. The molecule has 0 aliphatic carbocycles. The smallest absolute Gasteiger partial charge is 0.412 e. The maximum atomic E-state index is 11.1. The van der Waals surface area contributed by atoms with Gasteiger partial charge in [-0.25, -0.2) is 19.5 Å². The van der Waals surface area contributed by atoms with E-state index in [1.165, 1.54) is 17.2 Å². The summed E-state index contributed by atoms with van der Waals surface area (Å²) in [4.78, 5) is 29.8. The van der Waals surface area contributed by atoms with Crippen LogP contribution in [0.25, 0.3) is 11.2 Å². The van der Waals surface area contributed by atoms with Crippen molar-refractivity contribution in [1.82, 2.24) is 19.5 Å². The molecule has 3 heterocycles. The Morgan fingerprint density at radius 3 is 2.71 bits per heavy atom. The molecule has 14 heteroatoms. The highest BCUT2D eigenvalue weighted by Crippen LogP contribution is 2.45. The third kappa shape index (κ3) is 3.24. The number of ether oxygens (including phenoxy) is 1. The Labute approximate surface area is 134 Å². The third-order valence-corrected chi connectivity index (χ3v) is 3.93. The molecule has 1 unspecified atom stereocenters. The summed E-state index contributed by atoms with van der Waals surface area (Å²) >= 11 is 0. The Morgan fingerprint density at radius 1 is 1.38 bits per heavy atom. The van der Waals surface area contributed by atoms with Gasteiger partial charge in [0.05, 0.1) is 12.9 Å². The summed E-state index contributed by atoms with van der Waals surface area (Å²) in [6.07, 6.45) is -2.72. The minimum atomic E-state index is -4.91. The molecule has 0 spiro atoms. The standard InChI is InChI=1S/C10H14N5O7P.H2O/c11-8-5-9(13-2-12-8)15(3-14-5)10-7(22-23(18,19)20)6(17)4(1-16)21-10;/h2-4,6-7,10,16-17H,1H2,(H2,11,12,13)(H2,18,19,20);1H2/t4-,6+,7?,10-;/m1./s1. The van der Waals surface area contributed by atoms with Crippen molar-refractivity contribution >= 4 is 24.8 Å². The normalized spacial score (nSPS) is 27.3. The molecule has 134 valence electrons. The summed E-state index contributed by atoms with van der Waals surface area (Å²) in [7, 11) is -4.91. The van der Waals surface area contributed by atoms with Crippen molar-refractivity contribution in [1.29, 1.82) is 0 Å². The SMILES string of the molecule is Nc1ncnc2c1ncn2[C@@H]1O[C@H](CO)[C@H](O)C1OP(=O)(O)O.O. The predicted molar refractivity (Wildman–Crippen MR) is 77.3 cm³/mol. The van der Waals surface area contributed by atoms with E-state index in [4.69, 9.17) is 20.3 Å². The van der Waals surface area contributed by atoms with Crippen LogP contribution in [-0.2, 0) is 13.8 Å². The minimum Gasteiger partial charge on any atom is -0.412 e. The number of aromatic nitrogens is 4. The van der Waals surface area contributed by atoms with Gasteiger partial charge in [-0.3, -0.25) is 9.09 Å². The van der Waals surface area contributed by atoms with Gasteiger partial charge in [-0.2, -0.15) is 0 Å². The molecule has 0 bridgehead atoms. The lowest BCUT2D eigenvalue weighted by Gasteiger charge is -2.21. The van der Waals surface area contributed by atoms with Gasteiger partial charge in [0.1, 0.15) is 30.2 Å². The van der Waals surface area contributed by atoms with Gasteiger partial charge in [0.25, 0.3) is 0 Å². The summed E-state index contributed by atoms with van der Waals surface area (Å²) in [6, 6.07) is 0. The number of nitrogens with zero attached hydrogens (tertiary/aromatic N) is 4. The van der Waals surface area contributed by atoms with Crippen LogP contribution < -0.4 is 5.73 Å². The van der Waals surface area contributed by atoms with Crippen LogP contribution in [0.1, 0.15) is 6.23 Å². The number of aliphatic hydroxyl groups is 2. The van der Waals surface area contributed by atoms with Crippen molar-refractivity contribution in [2.24, 2.45) is 0 Å². The molecule has 2 aromatic heterocycles. The maximum Gasteiger partial charge on any atom is 0.470 e. The molecule has 1 fully saturated rings. The van der Waals surface area contributed by atoms with Crippen LogP contribution in [-0.4, -0.2) is 69.9 Å². The number of rotatable bonds is 4. The van der Waals surface area contributed by atoms with Gasteiger partial charge in [0.15, 0.2) is 17.7 Å². The molecule has 2 aromatic rings. The van der Waals surface area contributed by atoms with Gasteiger partial charge in [0, 0.05) is 0 Å². The highest BCUT2D eigenvalue weighted by Gasteiger charge is 2.48. The molecule has 13 nitrogen and oxygen atoms in total. The highest BCUT2D eigenvalue weighted by atomic mass is 31.2. The number of anilines is 1. The van der Waals surface area contributed by atoms with E-state index in [1.807, 2.05) is 0 Å². The van der Waals surface area contributed by atoms with Gasteiger partial charge in [0.2, 0.25) is 0 Å². The topological polar surface area (TPSA) is 218 Å². The van der Waals surface area contributed by atoms with Crippen LogP contribution in [0.15, 0.2) is 12.7 Å². The number of aliphatic hydroxyl groups excluding tert-OH is 2. The number of nitrogens with two attached hydrogens (primary N) is 1. The van der Waals surface area contributed by atoms with Crippen LogP contribution in [0.5, 0.6) is 0 Å². The monoisotopic (exact) mass is 365 g/mol. The molecule has 0 aromatic carbocycles. The number of phosphoric ester groups is 1. The largest absolute Gasteiger partial charge is 0.470 e. The zero-order valence-electron chi connectivity index (χ0n) is 12.0. The molecule has 1 aliphatic heterocycles. The van der Waals surface area contributed by atoms with Gasteiger partial charge in [-0.15, -0.1) is 0 Å². The molecule has 0 radical (unpaired) electrons. The van der Waals surface area contributed by atoms with Gasteiger partial charge in [-0.1, -0.05) is 0 Å². The fraction of sp³-hybridized carbons (Fsp3) is 0.500.